The van der Waals surface area contributed by atoms with Crippen LogP contribution in [-0.2, 0) is 0 Å². The van der Waals surface area contributed by atoms with Crippen molar-refractivity contribution in [2.24, 2.45) is 11.8 Å². The van der Waals surface area contributed by atoms with Crippen LogP contribution < -0.4 is 4.74 Å². The van der Waals surface area contributed by atoms with Gasteiger partial charge >= 0.3 is 0 Å². The molecule has 1 fully saturated rings. The van der Waals surface area contributed by atoms with Crippen molar-refractivity contribution < 1.29 is 18.7 Å². The van der Waals surface area contributed by atoms with Crippen LogP contribution in [0.5, 0.6) is 5.75 Å². The topological polar surface area (TPSA) is 58.7 Å². The van der Waals surface area contributed by atoms with Gasteiger partial charge in [-0.15, -0.1) is 11.8 Å². The summed E-state index contributed by atoms with van der Waals surface area (Å²) in [5.74, 6) is 2.33. The minimum Gasteiger partial charge on any atom is -0.497 e. The van der Waals surface area contributed by atoms with Gasteiger partial charge in [-0.2, -0.15) is 0 Å². The predicted octanol–water partition coefficient (Wildman–Crippen LogP) is 5.74. The number of nitrogens with zero attached hydrogens (tertiary/aromatic N) is 2. The highest BCUT2D eigenvalue weighted by atomic mass is 32.2. The number of aromatic nitrogens is 1. The molecule has 1 aliphatic heterocycles. The van der Waals surface area contributed by atoms with E-state index in [1.165, 1.54) is 4.90 Å². The third-order valence-corrected chi connectivity index (χ3v) is 7.76. The Balaban J connectivity index is 1.27. The fraction of sp³-hybridized carbons (Fsp3) is 0.500. The summed E-state index contributed by atoms with van der Waals surface area (Å²) in [4.78, 5) is 7.98. The van der Waals surface area contributed by atoms with Crippen molar-refractivity contribution in [3.8, 4) is 5.75 Å². The SMILES string of the molecule is COc1ccc2nccc([C@H](F)CC[C@@H]3CCN(CCCSc4ccoc4)C[C@@H]3CO)c2c1. The number of likely N-dealkylation sites (tertiary alicyclic amines) is 1. The Hall–Kier alpha value is -2.09. The van der Waals surface area contributed by atoms with E-state index in [1.54, 1.807) is 31.9 Å². The van der Waals surface area contributed by atoms with Crippen LogP contribution in [0.15, 0.2) is 58.4 Å². The normalized spacial score (nSPS) is 20.2. The van der Waals surface area contributed by atoms with Crippen molar-refractivity contribution in [2.45, 2.75) is 36.8 Å². The molecule has 0 amide bonds. The number of hydrogen-bond donors (Lipinski definition) is 1. The molecule has 0 bridgehead atoms. The first kappa shape index (κ1) is 24.0. The van der Waals surface area contributed by atoms with Gasteiger partial charge in [-0.25, -0.2) is 4.39 Å². The summed E-state index contributed by atoms with van der Waals surface area (Å²) in [5.41, 5.74) is 1.45. The monoisotopic (exact) mass is 472 g/mol. The molecule has 0 aliphatic carbocycles. The summed E-state index contributed by atoms with van der Waals surface area (Å²) in [6, 6.07) is 9.35. The Morgan fingerprint density at radius 1 is 1.30 bits per heavy atom. The van der Waals surface area contributed by atoms with Gasteiger partial charge in [0.15, 0.2) is 0 Å². The number of pyridine rings is 1. The zero-order valence-electron chi connectivity index (χ0n) is 19.2. The molecule has 3 atom stereocenters. The van der Waals surface area contributed by atoms with E-state index in [0.717, 1.165) is 55.6 Å². The number of halogens is 1. The molecule has 0 radical (unpaired) electrons. The van der Waals surface area contributed by atoms with E-state index >= 15 is 4.39 Å². The highest BCUT2D eigenvalue weighted by Gasteiger charge is 2.29. The van der Waals surface area contributed by atoms with Gasteiger partial charge in [0.2, 0.25) is 0 Å². The highest BCUT2D eigenvalue weighted by Crippen LogP contribution is 2.35. The number of aliphatic hydroxyl groups is 1. The molecular formula is C26H33FN2O3S. The smallest absolute Gasteiger partial charge is 0.126 e. The summed E-state index contributed by atoms with van der Waals surface area (Å²) in [6.45, 7) is 3.11. The first-order chi connectivity index (χ1) is 16.2. The van der Waals surface area contributed by atoms with E-state index in [-0.39, 0.29) is 12.5 Å². The molecule has 0 saturated carbocycles. The zero-order chi connectivity index (χ0) is 23.0. The number of methoxy groups -OCH3 is 1. The average molecular weight is 473 g/mol. The molecule has 3 aromatic rings. The number of ether oxygens (including phenoxy) is 1. The van der Waals surface area contributed by atoms with Crippen molar-refractivity contribution >= 4 is 22.7 Å². The van der Waals surface area contributed by atoms with Crippen molar-refractivity contribution in [3.63, 3.8) is 0 Å². The summed E-state index contributed by atoms with van der Waals surface area (Å²) < 4.78 is 25.8. The Kier molecular flexibility index (Phi) is 8.64. The number of piperidine rings is 1. The fourth-order valence-corrected chi connectivity index (χ4v) is 5.61. The lowest BCUT2D eigenvalue weighted by Crippen LogP contribution is -2.42. The minimum absolute atomic E-state index is 0.164. The Morgan fingerprint density at radius 3 is 3.00 bits per heavy atom. The van der Waals surface area contributed by atoms with Gasteiger partial charge < -0.3 is 19.2 Å². The van der Waals surface area contributed by atoms with E-state index in [0.29, 0.717) is 23.7 Å². The number of rotatable bonds is 11. The van der Waals surface area contributed by atoms with Crippen LogP contribution in [0, 0.1) is 11.8 Å². The summed E-state index contributed by atoms with van der Waals surface area (Å²) in [5, 5.41) is 10.8. The third kappa shape index (κ3) is 6.28. The number of fused-ring (bicyclic) bond motifs is 1. The van der Waals surface area contributed by atoms with Gasteiger partial charge in [0, 0.05) is 29.6 Å². The van der Waals surface area contributed by atoms with Crippen LogP contribution in [0.3, 0.4) is 0 Å². The lowest BCUT2D eigenvalue weighted by atomic mass is 9.81. The molecule has 4 rings (SSSR count). The Bertz CT molecular complexity index is 1000. The maximum Gasteiger partial charge on any atom is 0.126 e. The molecule has 178 valence electrons. The third-order valence-electron chi connectivity index (χ3n) is 6.70. The Morgan fingerprint density at radius 2 is 2.21 bits per heavy atom. The fourth-order valence-electron chi connectivity index (χ4n) is 4.82. The van der Waals surface area contributed by atoms with Crippen molar-refractivity contribution in [3.05, 3.63) is 54.6 Å². The quantitative estimate of drug-likeness (QED) is 0.284. The van der Waals surface area contributed by atoms with E-state index in [2.05, 4.69) is 9.88 Å². The highest BCUT2D eigenvalue weighted by molar-refractivity contribution is 7.99. The van der Waals surface area contributed by atoms with Gasteiger partial charge in [-0.1, -0.05) is 0 Å². The molecule has 0 unspecified atom stereocenters. The first-order valence-electron chi connectivity index (χ1n) is 11.7. The van der Waals surface area contributed by atoms with Crippen LogP contribution in [0.1, 0.15) is 37.4 Å². The molecule has 2 aromatic heterocycles. The molecule has 1 aromatic carbocycles. The van der Waals surface area contributed by atoms with Crippen molar-refractivity contribution in [2.75, 3.05) is 39.1 Å². The number of hydrogen-bond acceptors (Lipinski definition) is 6. The molecule has 1 N–H and O–H groups in total. The van der Waals surface area contributed by atoms with Gasteiger partial charge in [0.05, 0.1) is 18.9 Å². The summed E-state index contributed by atoms with van der Waals surface area (Å²) >= 11 is 1.81. The molecule has 7 heteroatoms. The second-order valence-electron chi connectivity index (χ2n) is 8.78. The lowest BCUT2D eigenvalue weighted by molar-refractivity contribution is 0.0640. The minimum atomic E-state index is -1.06. The zero-order valence-corrected chi connectivity index (χ0v) is 20.0. The number of aliphatic hydroxyl groups excluding tert-OH is 1. The van der Waals surface area contributed by atoms with Crippen LogP contribution in [0.25, 0.3) is 10.9 Å². The van der Waals surface area contributed by atoms with E-state index in [1.807, 2.05) is 36.0 Å². The number of alkyl halides is 1. The van der Waals surface area contributed by atoms with Crippen LogP contribution in [-0.4, -0.2) is 54.1 Å². The standard InChI is InChI=1S/C26H33FN2O3S/c1-31-21-4-6-26-24(15-21)23(7-10-28-26)25(27)5-3-19-8-12-29(16-20(19)17-30)11-2-14-33-22-9-13-32-18-22/h4,6-7,9-10,13,15,18-20,25,30H,2-3,5,8,11-12,14,16-17H2,1H3/t19-,20-,25-/m1/s1. The maximum absolute atomic E-state index is 15.3. The second kappa shape index (κ2) is 11.9. The van der Waals surface area contributed by atoms with Gasteiger partial charge in [0.1, 0.15) is 18.2 Å². The number of furan rings is 1. The molecular weight excluding hydrogens is 439 g/mol. The molecule has 3 heterocycles. The molecule has 0 spiro atoms. The molecule has 1 aliphatic rings. The molecule has 5 nitrogen and oxygen atoms in total. The largest absolute Gasteiger partial charge is 0.497 e. The van der Waals surface area contributed by atoms with E-state index in [9.17, 15) is 5.11 Å². The predicted molar refractivity (Wildman–Crippen MR) is 131 cm³/mol. The Labute approximate surface area is 199 Å². The van der Waals surface area contributed by atoms with E-state index < -0.39 is 6.17 Å². The first-order valence-corrected chi connectivity index (χ1v) is 12.7. The molecule has 1 saturated heterocycles. The maximum atomic E-state index is 15.3. The van der Waals surface area contributed by atoms with Gasteiger partial charge in [-0.05, 0) is 92.3 Å². The van der Waals surface area contributed by atoms with Crippen LogP contribution in [0.2, 0.25) is 0 Å². The van der Waals surface area contributed by atoms with Gasteiger partial charge in [0.25, 0.3) is 0 Å². The van der Waals surface area contributed by atoms with E-state index in [4.69, 9.17) is 9.15 Å². The summed E-state index contributed by atoms with van der Waals surface area (Å²) in [7, 11) is 1.61. The number of thioether (sulfide) groups is 1. The molecule has 33 heavy (non-hydrogen) atoms. The number of benzene rings is 1. The van der Waals surface area contributed by atoms with Crippen LogP contribution in [0.4, 0.5) is 4.39 Å². The lowest BCUT2D eigenvalue weighted by Gasteiger charge is -2.38. The van der Waals surface area contributed by atoms with Crippen molar-refractivity contribution in [1.82, 2.24) is 9.88 Å². The second-order valence-corrected chi connectivity index (χ2v) is 9.95. The average Bonchev–Trinajstić information content (AvgIpc) is 3.38. The summed E-state index contributed by atoms with van der Waals surface area (Å²) in [6.07, 6.45) is 7.46. The van der Waals surface area contributed by atoms with Crippen LogP contribution >= 0.6 is 11.8 Å². The van der Waals surface area contributed by atoms with Gasteiger partial charge in [-0.3, -0.25) is 4.98 Å². The van der Waals surface area contributed by atoms with Crippen molar-refractivity contribution in [1.29, 1.82) is 0 Å².